The van der Waals surface area contributed by atoms with Gasteiger partial charge in [0.15, 0.2) is 0 Å². The maximum Gasteiger partial charge on any atom is 0.240 e. The molecule has 1 fully saturated rings. The average Bonchev–Trinajstić information content (AvgIpc) is 2.95. The van der Waals surface area contributed by atoms with E-state index in [1.54, 1.807) is 0 Å². The third-order valence-corrected chi connectivity index (χ3v) is 4.57. The zero-order chi connectivity index (χ0) is 12.3. The lowest BCUT2D eigenvalue weighted by Crippen LogP contribution is -2.52. The Morgan fingerprint density at radius 1 is 1.65 bits per heavy atom. The van der Waals surface area contributed by atoms with E-state index < -0.39 is 0 Å². The Morgan fingerprint density at radius 3 is 3.00 bits per heavy atom. The molecule has 94 valence electrons. The van der Waals surface area contributed by atoms with Crippen molar-refractivity contribution in [2.45, 2.75) is 38.3 Å². The Hall–Kier alpha value is -0.580. The largest absolute Gasteiger partial charge is 0.350 e. The van der Waals surface area contributed by atoms with Crippen LogP contribution < -0.4 is 10.6 Å². The molecular formula is C12H17ClN2OS. The summed E-state index contributed by atoms with van der Waals surface area (Å²) in [6, 6.07) is 3.81. The first-order valence-corrected chi connectivity index (χ1v) is 7.13. The molecule has 5 heteroatoms. The molecule has 2 heterocycles. The molecule has 17 heavy (non-hydrogen) atoms. The monoisotopic (exact) mass is 272 g/mol. The van der Waals surface area contributed by atoms with Gasteiger partial charge in [-0.3, -0.25) is 4.79 Å². The van der Waals surface area contributed by atoms with Crippen LogP contribution in [0.25, 0.3) is 0 Å². The first kappa shape index (κ1) is 12.9. The molecule has 0 saturated carbocycles. The summed E-state index contributed by atoms with van der Waals surface area (Å²) in [4.78, 5) is 13.3. The number of hydrogen-bond donors (Lipinski definition) is 2. The van der Waals surface area contributed by atoms with E-state index in [2.05, 4.69) is 17.6 Å². The van der Waals surface area contributed by atoms with Gasteiger partial charge in [-0.25, -0.2) is 0 Å². The number of carbonyl (C=O) groups is 1. The minimum absolute atomic E-state index is 0.113. The van der Waals surface area contributed by atoms with Gasteiger partial charge < -0.3 is 10.6 Å². The topological polar surface area (TPSA) is 41.1 Å². The molecule has 1 aliphatic heterocycles. The van der Waals surface area contributed by atoms with E-state index in [1.807, 2.05) is 12.1 Å². The van der Waals surface area contributed by atoms with E-state index in [1.165, 1.54) is 11.3 Å². The molecule has 0 bridgehead atoms. The van der Waals surface area contributed by atoms with Crippen LogP contribution in [0.1, 0.15) is 31.1 Å². The first-order chi connectivity index (χ1) is 8.16. The highest BCUT2D eigenvalue weighted by atomic mass is 35.5. The summed E-state index contributed by atoms with van der Waals surface area (Å²) < 4.78 is 0.762. The highest BCUT2D eigenvalue weighted by Crippen LogP contribution is 2.24. The van der Waals surface area contributed by atoms with Crippen molar-refractivity contribution in [1.82, 2.24) is 10.6 Å². The Morgan fingerprint density at radius 2 is 2.47 bits per heavy atom. The number of nitrogens with one attached hydrogen (secondary N) is 2. The van der Waals surface area contributed by atoms with Crippen LogP contribution in [0, 0.1) is 0 Å². The predicted molar refractivity (Wildman–Crippen MR) is 71.4 cm³/mol. The van der Waals surface area contributed by atoms with Crippen LogP contribution in [0.2, 0.25) is 4.34 Å². The molecule has 0 aromatic carbocycles. The fourth-order valence-corrected chi connectivity index (χ4v) is 3.27. The lowest BCUT2D eigenvalue weighted by Gasteiger charge is -2.26. The van der Waals surface area contributed by atoms with Crippen molar-refractivity contribution in [3.63, 3.8) is 0 Å². The molecule has 0 aliphatic carbocycles. The van der Waals surface area contributed by atoms with Crippen LogP contribution in [0.4, 0.5) is 0 Å². The second kappa shape index (κ2) is 5.38. The van der Waals surface area contributed by atoms with Crippen LogP contribution in [0.5, 0.6) is 0 Å². The minimum atomic E-state index is -0.346. The van der Waals surface area contributed by atoms with Crippen molar-refractivity contribution < 1.29 is 4.79 Å². The van der Waals surface area contributed by atoms with Gasteiger partial charge in [-0.15, -0.1) is 11.3 Å². The van der Waals surface area contributed by atoms with Crippen molar-refractivity contribution in [2.75, 3.05) is 6.54 Å². The quantitative estimate of drug-likeness (QED) is 0.884. The Bertz CT molecular complexity index is 399. The van der Waals surface area contributed by atoms with Crippen LogP contribution in [-0.2, 0) is 11.3 Å². The number of amides is 1. The fourth-order valence-electron chi connectivity index (χ4n) is 2.25. The van der Waals surface area contributed by atoms with Gasteiger partial charge in [0.1, 0.15) is 0 Å². The molecule has 1 aromatic rings. The van der Waals surface area contributed by atoms with Gasteiger partial charge in [-0.05, 0) is 37.9 Å². The molecule has 2 rings (SSSR count). The number of halogens is 1. The summed E-state index contributed by atoms with van der Waals surface area (Å²) in [5.41, 5.74) is -0.346. The third kappa shape index (κ3) is 2.81. The van der Waals surface area contributed by atoms with E-state index in [9.17, 15) is 4.79 Å². The van der Waals surface area contributed by atoms with Gasteiger partial charge in [0.25, 0.3) is 0 Å². The minimum Gasteiger partial charge on any atom is -0.350 e. The number of carbonyl (C=O) groups excluding carboxylic acids is 1. The summed E-state index contributed by atoms with van der Waals surface area (Å²) in [7, 11) is 0. The highest BCUT2D eigenvalue weighted by Gasteiger charge is 2.38. The van der Waals surface area contributed by atoms with E-state index in [4.69, 9.17) is 11.6 Å². The Labute approximate surface area is 111 Å². The van der Waals surface area contributed by atoms with Crippen LogP contribution in [0.3, 0.4) is 0 Å². The highest BCUT2D eigenvalue weighted by molar-refractivity contribution is 7.16. The molecular weight excluding hydrogens is 256 g/mol. The molecule has 0 radical (unpaired) electrons. The number of rotatable bonds is 4. The van der Waals surface area contributed by atoms with Crippen molar-refractivity contribution in [2.24, 2.45) is 0 Å². The summed E-state index contributed by atoms with van der Waals surface area (Å²) in [6.07, 6.45) is 2.84. The lowest BCUT2D eigenvalue weighted by molar-refractivity contribution is -0.127. The van der Waals surface area contributed by atoms with E-state index in [-0.39, 0.29) is 11.4 Å². The Balaban J connectivity index is 1.92. The van der Waals surface area contributed by atoms with Crippen molar-refractivity contribution in [3.8, 4) is 0 Å². The number of hydrogen-bond acceptors (Lipinski definition) is 3. The SMILES string of the molecule is CCC1(C(=O)NCc2ccc(Cl)s2)CCCN1. The van der Waals surface area contributed by atoms with Gasteiger partial charge in [-0.1, -0.05) is 18.5 Å². The maximum atomic E-state index is 12.2. The normalized spacial score (nSPS) is 23.9. The molecule has 2 N–H and O–H groups in total. The molecule has 1 saturated heterocycles. The molecule has 3 nitrogen and oxygen atoms in total. The van der Waals surface area contributed by atoms with Gasteiger partial charge in [0, 0.05) is 4.88 Å². The summed E-state index contributed by atoms with van der Waals surface area (Å²) in [5.74, 6) is 0.113. The summed E-state index contributed by atoms with van der Waals surface area (Å²) in [5, 5.41) is 6.32. The van der Waals surface area contributed by atoms with Crippen LogP contribution in [-0.4, -0.2) is 18.0 Å². The molecule has 0 spiro atoms. The Kier molecular flexibility index (Phi) is 4.07. The van der Waals surface area contributed by atoms with Gasteiger partial charge >= 0.3 is 0 Å². The molecule has 1 amide bonds. The molecule has 1 atom stereocenters. The third-order valence-electron chi connectivity index (χ3n) is 3.33. The number of thiophene rings is 1. The predicted octanol–water partition coefficient (Wildman–Crippen LogP) is 2.55. The average molecular weight is 273 g/mol. The van der Waals surface area contributed by atoms with Crippen molar-refractivity contribution in [3.05, 3.63) is 21.3 Å². The van der Waals surface area contributed by atoms with E-state index in [0.717, 1.165) is 35.0 Å². The second-order valence-electron chi connectivity index (χ2n) is 4.35. The molecule has 1 unspecified atom stereocenters. The van der Waals surface area contributed by atoms with Gasteiger partial charge in [-0.2, -0.15) is 0 Å². The lowest BCUT2D eigenvalue weighted by atomic mass is 9.93. The first-order valence-electron chi connectivity index (χ1n) is 5.94. The standard InChI is InChI=1S/C12H17ClN2OS/c1-2-12(6-3-7-15-12)11(16)14-8-9-4-5-10(13)17-9/h4-5,15H,2-3,6-8H2,1H3,(H,14,16). The molecule has 1 aromatic heterocycles. The second-order valence-corrected chi connectivity index (χ2v) is 6.15. The van der Waals surface area contributed by atoms with Crippen LogP contribution in [0.15, 0.2) is 12.1 Å². The molecule has 1 aliphatic rings. The zero-order valence-electron chi connectivity index (χ0n) is 9.88. The van der Waals surface area contributed by atoms with E-state index >= 15 is 0 Å². The maximum absolute atomic E-state index is 12.2. The van der Waals surface area contributed by atoms with Gasteiger partial charge in [0.2, 0.25) is 5.91 Å². The summed E-state index contributed by atoms with van der Waals surface area (Å²) >= 11 is 7.36. The van der Waals surface area contributed by atoms with Gasteiger partial charge in [0.05, 0.1) is 16.4 Å². The smallest absolute Gasteiger partial charge is 0.240 e. The van der Waals surface area contributed by atoms with E-state index in [0.29, 0.717) is 6.54 Å². The van der Waals surface area contributed by atoms with Crippen molar-refractivity contribution >= 4 is 28.8 Å². The summed E-state index contributed by atoms with van der Waals surface area (Å²) in [6.45, 7) is 3.56. The zero-order valence-corrected chi connectivity index (χ0v) is 11.5. The fraction of sp³-hybridized carbons (Fsp3) is 0.583. The van der Waals surface area contributed by atoms with Crippen LogP contribution >= 0.6 is 22.9 Å². The van der Waals surface area contributed by atoms with Crippen molar-refractivity contribution in [1.29, 1.82) is 0 Å².